The molecule has 3 aromatic heterocycles. The van der Waals surface area contributed by atoms with Gasteiger partial charge in [0.05, 0.1) is 22.8 Å². The highest BCUT2D eigenvalue weighted by Gasteiger charge is 2.33. The predicted octanol–water partition coefficient (Wildman–Crippen LogP) is 4.40. The number of ether oxygens (including phenoxy) is 1. The van der Waals surface area contributed by atoms with Gasteiger partial charge in [-0.05, 0) is 6.07 Å². The van der Waals surface area contributed by atoms with Crippen LogP contribution in [-0.4, -0.2) is 20.4 Å². The van der Waals surface area contributed by atoms with E-state index in [9.17, 15) is 18.0 Å². The Balaban J connectivity index is 1.68. The number of thiol groups is 1. The highest BCUT2D eigenvalue weighted by molar-refractivity contribution is 7.75. The standard InChI is InChI=1S/C19H13F3N4O3S2/c20-19(21,22)11-4-2-1-3-10(11)8-28-14-6-16(31-17(14)18(23)27)26-9-25-12-5-15(29-30)24-7-13(12)26/h1-7,9,30H,8H2,(H2,23,27). The number of imidazole rings is 1. The fourth-order valence-corrected chi connectivity index (χ4v) is 3.99. The molecule has 0 aliphatic rings. The van der Waals surface area contributed by atoms with Gasteiger partial charge in [0.15, 0.2) is 0 Å². The van der Waals surface area contributed by atoms with Crippen LogP contribution in [0.1, 0.15) is 20.8 Å². The Hall–Kier alpha value is -3.25. The van der Waals surface area contributed by atoms with Crippen molar-refractivity contribution in [2.24, 2.45) is 5.73 Å². The summed E-state index contributed by atoms with van der Waals surface area (Å²) in [5.41, 5.74) is 5.76. The number of benzene rings is 1. The smallest absolute Gasteiger partial charge is 0.416 e. The molecule has 3 heterocycles. The van der Waals surface area contributed by atoms with Gasteiger partial charge in [-0.3, -0.25) is 9.36 Å². The molecule has 1 aromatic carbocycles. The molecule has 1 amide bonds. The molecule has 0 aliphatic heterocycles. The second-order valence-electron chi connectivity index (χ2n) is 6.30. The normalized spacial score (nSPS) is 11.6. The second kappa shape index (κ2) is 8.12. The van der Waals surface area contributed by atoms with Crippen molar-refractivity contribution in [2.45, 2.75) is 12.8 Å². The summed E-state index contributed by atoms with van der Waals surface area (Å²) in [7, 11) is 0. The molecule has 31 heavy (non-hydrogen) atoms. The summed E-state index contributed by atoms with van der Waals surface area (Å²) in [6.07, 6.45) is -1.50. The van der Waals surface area contributed by atoms with Gasteiger partial charge in [0.25, 0.3) is 5.91 Å². The first-order valence-electron chi connectivity index (χ1n) is 8.64. The Morgan fingerprint density at radius 1 is 1.23 bits per heavy atom. The molecule has 0 unspecified atom stereocenters. The van der Waals surface area contributed by atoms with Gasteiger partial charge in [-0.15, -0.1) is 11.3 Å². The van der Waals surface area contributed by atoms with Crippen molar-refractivity contribution >= 4 is 41.2 Å². The number of thiophene rings is 1. The SMILES string of the molecule is NC(=O)c1sc(-n2cnc3cc(OS)ncc32)cc1OCc1ccccc1C(F)(F)F. The molecule has 2 N–H and O–H groups in total. The fourth-order valence-electron chi connectivity index (χ4n) is 2.95. The highest BCUT2D eigenvalue weighted by Crippen LogP contribution is 2.36. The zero-order valence-electron chi connectivity index (χ0n) is 15.5. The second-order valence-corrected chi connectivity index (χ2v) is 7.52. The maximum Gasteiger partial charge on any atom is 0.416 e. The number of fused-ring (bicyclic) bond motifs is 1. The molecule has 0 fully saturated rings. The largest absolute Gasteiger partial charge is 0.487 e. The molecule has 0 saturated carbocycles. The summed E-state index contributed by atoms with van der Waals surface area (Å²) in [6, 6.07) is 8.16. The number of pyridine rings is 1. The fraction of sp³-hybridized carbons (Fsp3) is 0.105. The number of alkyl halides is 3. The predicted molar refractivity (Wildman–Crippen MR) is 111 cm³/mol. The minimum absolute atomic E-state index is 0.0604. The number of primary amides is 1. The Morgan fingerprint density at radius 3 is 2.71 bits per heavy atom. The molecule has 0 atom stereocenters. The zero-order valence-corrected chi connectivity index (χ0v) is 17.2. The molecule has 4 rings (SSSR count). The molecule has 7 nitrogen and oxygen atoms in total. The first-order chi connectivity index (χ1) is 14.8. The van der Waals surface area contributed by atoms with E-state index in [2.05, 4.69) is 22.9 Å². The van der Waals surface area contributed by atoms with Crippen molar-refractivity contribution in [1.82, 2.24) is 14.5 Å². The van der Waals surface area contributed by atoms with Crippen LogP contribution < -0.4 is 14.7 Å². The number of nitrogens with two attached hydrogens (primary N) is 1. The highest BCUT2D eigenvalue weighted by atomic mass is 32.1. The van der Waals surface area contributed by atoms with Gasteiger partial charge in [-0.25, -0.2) is 9.97 Å². The monoisotopic (exact) mass is 466 g/mol. The average Bonchev–Trinajstić information content (AvgIpc) is 3.35. The van der Waals surface area contributed by atoms with Crippen LogP contribution in [0.3, 0.4) is 0 Å². The van der Waals surface area contributed by atoms with Gasteiger partial charge in [0.2, 0.25) is 5.88 Å². The summed E-state index contributed by atoms with van der Waals surface area (Å²) >= 11 is 4.72. The Bertz CT molecular complexity index is 1270. The number of aromatic nitrogens is 3. The van der Waals surface area contributed by atoms with E-state index in [1.165, 1.54) is 36.8 Å². The van der Waals surface area contributed by atoms with Crippen LogP contribution in [0, 0.1) is 0 Å². The van der Waals surface area contributed by atoms with E-state index in [1.807, 2.05) is 0 Å². The van der Waals surface area contributed by atoms with Gasteiger partial charge >= 0.3 is 6.18 Å². The van der Waals surface area contributed by atoms with Gasteiger partial charge in [0.1, 0.15) is 28.6 Å². The number of hydrogen-bond acceptors (Lipinski definition) is 7. The van der Waals surface area contributed by atoms with E-state index < -0.39 is 17.6 Å². The molecule has 0 spiro atoms. The summed E-state index contributed by atoms with van der Waals surface area (Å²) in [6.45, 7) is -0.388. The summed E-state index contributed by atoms with van der Waals surface area (Å²) in [5, 5.41) is 0.525. The number of carbonyl (C=O) groups excluding carboxylic acids is 1. The average molecular weight is 466 g/mol. The van der Waals surface area contributed by atoms with Crippen molar-refractivity contribution in [3.8, 4) is 16.6 Å². The van der Waals surface area contributed by atoms with Crippen molar-refractivity contribution < 1.29 is 26.9 Å². The summed E-state index contributed by atoms with van der Waals surface area (Å²) in [5.74, 6) is -0.421. The lowest BCUT2D eigenvalue weighted by Crippen LogP contribution is -2.13. The number of halogens is 3. The summed E-state index contributed by atoms with van der Waals surface area (Å²) in [4.78, 5) is 20.3. The molecule has 12 heteroatoms. The van der Waals surface area contributed by atoms with Crippen LogP contribution in [0.5, 0.6) is 11.6 Å². The van der Waals surface area contributed by atoms with Gasteiger partial charge in [-0.1, -0.05) is 18.2 Å². The minimum atomic E-state index is -4.52. The van der Waals surface area contributed by atoms with E-state index in [0.29, 0.717) is 16.0 Å². The molecule has 0 saturated heterocycles. The van der Waals surface area contributed by atoms with Crippen LogP contribution >= 0.6 is 24.2 Å². The number of nitrogens with zero attached hydrogens (tertiary/aromatic N) is 3. The third-order valence-electron chi connectivity index (χ3n) is 4.35. The van der Waals surface area contributed by atoms with E-state index in [4.69, 9.17) is 14.7 Å². The third-order valence-corrected chi connectivity index (χ3v) is 5.67. The Morgan fingerprint density at radius 2 is 2.00 bits per heavy atom. The van der Waals surface area contributed by atoms with Gasteiger partial charge in [0, 0.05) is 30.6 Å². The van der Waals surface area contributed by atoms with Crippen molar-refractivity contribution in [3.63, 3.8) is 0 Å². The number of amides is 1. The van der Waals surface area contributed by atoms with Crippen LogP contribution in [0.15, 0.2) is 48.9 Å². The van der Waals surface area contributed by atoms with Crippen molar-refractivity contribution in [1.29, 1.82) is 0 Å². The molecular formula is C19H13F3N4O3S2. The number of hydrogen-bond donors (Lipinski definition) is 2. The maximum atomic E-state index is 13.2. The zero-order chi connectivity index (χ0) is 22.2. The lowest BCUT2D eigenvalue weighted by molar-refractivity contribution is -0.138. The molecular weight excluding hydrogens is 453 g/mol. The first-order valence-corrected chi connectivity index (χ1v) is 9.82. The Labute approximate surface area is 182 Å². The minimum Gasteiger partial charge on any atom is -0.487 e. The van der Waals surface area contributed by atoms with Crippen LogP contribution in [0.4, 0.5) is 13.2 Å². The van der Waals surface area contributed by atoms with Gasteiger partial charge in [-0.2, -0.15) is 13.2 Å². The van der Waals surface area contributed by atoms with Crippen LogP contribution in [-0.2, 0) is 12.8 Å². The topological polar surface area (TPSA) is 92.3 Å². The van der Waals surface area contributed by atoms with Crippen molar-refractivity contribution in [2.75, 3.05) is 0 Å². The Kier molecular flexibility index (Phi) is 5.50. The quantitative estimate of drug-likeness (QED) is 0.325. The van der Waals surface area contributed by atoms with E-state index >= 15 is 0 Å². The van der Waals surface area contributed by atoms with Crippen LogP contribution in [0.2, 0.25) is 0 Å². The van der Waals surface area contributed by atoms with E-state index in [-0.39, 0.29) is 28.7 Å². The van der Waals surface area contributed by atoms with Gasteiger partial charge < -0.3 is 14.7 Å². The molecule has 0 bridgehead atoms. The summed E-state index contributed by atoms with van der Waals surface area (Å²) < 4.78 is 51.7. The van der Waals surface area contributed by atoms with E-state index in [0.717, 1.165) is 17.4 Å². The molecule has 0 aliphatic carbocycles. The maximum absolute atomic E-state index is 13.2. The lowest BCUT2D eigenvalue weighted by atomic mass is 10.1. The number of rotatable bonds is 6. The molecule has 160 valence electrons. The third kappa shape index (κ3) is 4.16. The molecule has 4 aromatic rings. The molecule has 0 radical (unpaired) electrons. The first kappa shape index (κ1) is 21.0. The van der Waals surface area contributed by atoms with Crippen molar-refractivity contribution in [3.05, 3.63) is 64.9 Å². The van der Waals surface area contributed by atoms with Crippen LogP contribution in [0.25, 0.3) is 16.0 Å². The van der Waals surface area contributed by atoms with E-state index in [1.54, 1.807) is 10.6 Å². The lowest BCUT2D eigenvalue weighted by Gasteiger charge is -2.13. The number of carbonyl (C=O) groups is 1.